The first-order valence-corrected chi connectivity index (χ1v) is 8.45. The minimum Gasteiger partial charge on any atom is -0.439 e. The van der Waals surface area contributed by atoms with Crippen LogP contribution in [0.1, 0.15) is 34.5 Å². The molecule has 0 saturated carbocycles. The summed E-state index contributed by atoms with van der Waals surface area (Å²) in [6.45, 7) is 0. The number of hydrogen-bond donors (Lipinski definition) is 1. The van der Waals surface area contributed by atoms with Crippen LogP contribution in [0.2, 0.25) is 0 Å². The summed E-state index contributed by atoms with van der Waals surface area (Å²) >= 11 is 0. The number of cyclic esters (lactones) is 1. The Labute approximate surface area is 156 Å². The number of alkyl carbamates (subject to hydrolysis) is 1. The molecule has 1 aliphatic rings. The standard InChI is InChI=1S/C22H15FN2O2/c23-18-8-4-7-16(13-18)21-20(25-22(26)27-21)17-10-12-19(24-14-17)11-9-15-5-2-1-3-6-15/h1-8,10,12-14,20-21H,(H,25,26)/t20-,21-/m1/s1. The van der Waals surface area contributed by atoms with Crippen LogP contribution in [0.5, 0.6) is 0 Å². The molecule has 0 aliphatic carbocycles. The first kappa shape index (κ1) is 16.8. The SMILES string of the molecule is O=C1N[C@H](c2ccc(C#Cc3ccccc3)nc2)[C@@H](c2cccc(F)c2)O1. The Hall–Kier alpha value is -3.65. The Kier molecular flexibility index (Phi) is 4.54. The summed E-state index contributed by atoms with van der Waals surface area (Å²) in [4.78, 5) is 16.1. The predicted octanol–water partition coefficient (Wildman–Crippen LogP) is 4.14. The average molecular weight is 358 g/mol. The van der Waals surface area contributed by atoms with Crippen molar-refractivity contribution in [3.8, 4) is 11.8 Å². The van der Waals surface area contributed by atoms with E-state index < -0.39 is 18.2 Å². The Morgan fingerprint density at radius 3 is 2.56 bits per heavy atom. The predicted molar refractivity (Wildman–Crippen MR) is 98.2 cm³/mol. The number of benzene rings is 2. The van der Waals surface area contributed by atoms with Crippen LogP contribution in [-0.4, -0.2) is 11.1 Å². The van der Waals surface area contributed by atoms with Crippen molar-refractivity contribution < 1.29 is 13.9 Å². The smallest absolute Gasteiger partial charge is 0.408 e. The summed E-state index contributed by atoms with van der Waals surface area (Å²) in [6.07, 6.45) is 0.499. The van der Waals surface area contributed by atoms with Gasteiger partial charge in [-0.05, 0) is 47.4 Å². The number of aromatic nitrogens is 1. The molecule has 1 aliphatic heterocycles. The summed E-state index contributed by atoms with van der Waals surface area (Å²) in [5, 5.41) is 2.76. The van der Waals surface area contributed by atoms with Crippen molar-refractivity contribution in [3.63, 3.8) is 0 Å². The van der Waals surface area contributed by atoms with Gasteiger partial charge in [0, 0.05) is 11.8 Å². The van der Waals surface area contributed by atoms with Gasteiger partial charge < -0.3 is 10.1 Å². The molecule has 1 saturated heterocycles. The van der Waals surface area contributed by atoms with E-state index >= 15 is 0 Å². The van der Waals surface area contributed by atoms with Gasteiger partial charge in [-0.15, -0.1) is 0 Å². The van der Waals surface area contributed by atoms with Crippen LogP contribution in [-0.2, 0) is 4.74 Å². The van der Waals surface area contributed by atoms with Crippen molar-refractivity contribution in [2.75, 3.05) is 0 Å². The maximum atomic E-state index is 13.5. The lowest BCUT2D eigenvalue weighted by Gasteiger charge is -2.17. The van der Waals surface area contributed by atoms with Crippen LogP contribution >= 0.6 is 0 Å². The quantitative estimate of drug-likeness (QED) is 0.701. The first-order chi connectivity index (χ1) is 13.2. The van der Waals surface area contributed by atoms with Gasteiger partial charge in [0.2, 0.25) is 0 Å². The van der Waals surface area contributed by atoms with Crippen molar-refractivity contribution in [3.05, 3.63) is 101 Å². The van der Waals surface area contributed by atoms with E-state index in [1.54, 1.807) is 24.4 Å². The molecule has 4 nitrogen and oxygen atoms in total. The fraction of sp³-hybridized carbons (Fsp3) is 0.0909. The summed E-state index contributed by atoms with van der Waals surface area (Å²) in [5.74, 6) is 5.68. The van der Waals surface area contributed by atoms with Gasteiger partial charge in [0.25, 0.3) is 0 Å². The maximum Gasteiger partial charge on any atom is 0.408 e. The third-order valence-electron chi connectivity index (χ3n) is 4.24. The molecule has 1 fully saturated rings. The molecule has 2 aromatic carbocycles. The number of amides is 1. The fourth-order valence-corrected chi connectivity index (χ4v) is 2.94. The zero-order valence-electron chi connectivity index (χ0n) is 14.2. The second-order valence-corrected chi connectivity index (χ2v) is 6.10. The van der Waals surface area contributed by atoms with E-state index in [1.165, 1.54) is 12.1 Å². The Balaban J connectivity index is 1.57. The fourth-order valence-electron chi connectivity index (χ4n) is 2.94. The lowest BCUT2D eigenvalue weighted by molar-refractivity contribution is 0.132. The van der Waals surface area contributed by atoms with E-state index in [-0.39, 0.29) is 5.82 Å². The molecule has 1 amide bonds. The highest BCUT2D eigenvalue weighted by molar-refractivity contribution is 5.71. The first-order valence-electron chi connectivity index (χ1n) is 8.45. The van der Waals surface area contributed by atoms with Crippen LogP contribution in [0.25, 0.3) is 0 Å². The zero-order chi connectivity index (χ0) is 18.6. The number of rotatable bonds is 2. The number of carbonyl (C=O) groups is 1. The molecular weight excluding hydrogens is 343 g/mol. The molecule has 0 spiro atoms. The summed E-state index contributed by atoms with van der Waals surface area (Å²) in [6, 6.07) is 18.9. The number of nitrogens with one attached hydrogen (secondary N) is 1. The van der Waals surface area contributed by atoms with Gasteiger partial charge in [0.15, 0.2) is 6.10 Å². The molecule has 4 rings (SSSR count). The average Bonchev–Trinajstić information content (AvgIpc) is 3.09. The minimum atomic E-state index is -0.615. The van der Waals surface area contributed by atoms with Crippen molar-refractivity contribution in [2.24, 2.45) is 0 Å². The molecule has 3 aromatic rings. The number of ether oxygens (including phenoxy) is 1. The number of halogens is 1. The van der Waals surface area contributed by atoms with Crippen molar-refractivity contribution in [2.45, 2.75) is 12.1 Å². The van der Waals surface area contributed by atoms with Gasteiger partial charge in [0.05, 0.1) is 0 Å². The van der Waals surface area contributed by atoms with Crippen LogP contribution < -0.4 is 5.32 Å². The molecule has 27 heavy (non-hydrogen) atoms. The van der Waals surface area contributed by atoms with Crippen LogP contribution in [0.15, 0.2) is 72.9 Å². The molecule has 0 unspecified atom stereocenters. The molecule has 2 atom stereocenters. The Morgan fingerprint density at radius 1 is 0.963 bits per heavy atom. The Morgan fingerprint density at radius 2 is 1.81 bits per heavy atom. The van der Waals surface area contributed by atoms with E-state index in [0.717, 1.165) is 11.1 Å². The molecule has 0 bridgehead atoms. The van der Waals surface area contributed by atoms with Crippen molar-refractivity contribution in [1.82, 2.24) is 10.3 Å². The highest BCUT2D eigenvalue weighted by atomic mass is 19.1. The van der Waals surface area contributed by atoms with E-state index in [0.29, 0.717) is 11.3 Å². The summed E-state index contributed by atoms with van der Waals surface area (Å²) < 4.78 is 18.9. The third kappa shape index (κ3) is 3.80. The lowest BCUT2D eigenvalue weighted by atomic mass is 9.97. The third-order valence-corrected chi connectivity index (χ3v) is 4.24. The van der Waals surface area contributed by atoms with Crippen molar-refractivity contribution >= 4 is 6.09 Å². The largest absolute Gasteiger partial charge is 0.439 e. The molecular formula is C22H15FN2O2. The molecule has 1 N–H and O–H groups in total. The number of hydrogen-bond acceptors (Lipinski definition) is 3. The van der Waals surface area contributed by atoms with Crippen LogP contribution in [0.4, 0.5) is 9.18 Å². The van der Waals surface area contributed by atoms with E-state index in [9.17, 15) is 9.18 Å². The lowest BCUT2D eigenvalue weighted by Crippen LogP contribution is -2.19. The highest BCUT2D eigenvalue weighted by Crippen LogP contribution is 2.36. The Bertz CT molecular complexity index is 1020. The minimum absolute atomic E-state index is 0.376. The number of carbonyl (C=O) groups excluding carboxylic acids is 1. The monoisotopic (exact) mass is 358 g/mol. The van der Waals surface area contributed by atoms with Gasteiger partial charge in [-0.25, -0.2) is 14.2 Å². The van der Waals surface area contributed by atoms with Gasteiger partial charge in [-0.3, -0.25) is 0 Å². The number of nitrogens with zero attached hydrogens (tertiary/aromatic N) is 1. The number of pyridine rings is 1. The molecule has 0 radical (unpaired) electrons. The zero-order valence-corrected chi connectivity index (χ0v) is 14.2. The molecule has 2 heterocycles. The second kappa shape index (κ2) is 7.30. The summed E-state index contributed by atoms with van der Waals surface area (Å²) in [5.41, 5.74) is 2.88. The summed E-state index contributed by atoms with van der Waals surface area (Å²) in [7, 11) is 0. The van der Waals surface area contributed by atoms with E-state index in [2.05, 4.69) is 22.1 Å². The van der Waals surface area contributed by atoms with Crippen LogP contribution in [0.3, 0.4) is 0 Å². The molecule has 5 heteroatoms. The van der Waals surface area contributed by atoms with E-state index in [1.807, 2.05) is 36.4 Å². The van der Waals surface area contributed by atoms with Crippen LogP contribution in [0, 0.1) is 17.7 Å². The highest BCUT2D eigenvalue weighted by Gasteiger charge is 2.36. The second-order valence-electron chi connectivity index (χ2n) is 6.10. The molecule has 1 aromatic heterocycles. The van der Waals surface area contributed by atoms with Gasteiger partial charge in [0.1, 0.15) is 17.6 Å². The molecule has 132 valence electrons. The van der Waals surface area contributed by atoms with E-state index in [4.69, 9.17) is 4.74 Å². The van der Waals surface area contributed by atoms with Gasteiger partial charge >= 0.3 is 6.09 Å². The van der Waals surface area contributed by atoms with Crippen molar-refractivity contribution in [1.29, 1.82) is 0 Å². The van der Waals surface area contributed by atoms with Gasteiger partial charge in [-0.2, -0.15) is 0 Å². The topological polar surface area (TPSA) is 51.2 Å². The normalized spacial score (nSPS) is 18.2. The maximum absolute atomic E-state index is 13.5. The van der Waals surface area contributed by atoms with Gasteiger partial charge in [-0.1, -0.05) is 42.3 Å².